The Morgan fingerprint density at radius 2 is 2.04 bits per heavy atom. The highest BCUT2D eigenvalue weighted by molar-refractivity contribution is 7.11. The number of amides is 3. The van der Waals surface area contributed by atoms with Crippen molar-refractivity contribution >= 4 is 23.5 Å². The number of ether oxygens (including phenoxy) is 1. The van der Waals surface area contributed by atoms with Gasteiger partial charge < -0.3 is 20.3 Å². The van der Waals surface area contributed by atoms with E-state index in [-0.39, 0.29) is 18.2 Å². The smallest absolute Gasteiger partial charge is 0.409 e. The number of aryl methyl sites for hydroxylation is 2. The summed E-state index contributed by atoms with van der Waals surface area (Å²) in [7, 11) is 0. The van der Waals surface area contributed by atoms with Crippen LogP contribution in [0.3, 0.4) is 0 Å². The molecule has 0 unspecified atom stereocenters. The monoisotopic (exact) mass is 368 g/mol. The molecule has 2 N–H and O–H groups in total. The number of carbonyl (C=O) groups is 2. The predicted octanol–water partition coefficient (Wildman–Crippen LogP) is 2.48. The highest BCUT2D eigenvalue weighted by Gasteiger charge is 2.24. The largest absolute Gasteiger partial charge is 0.450 e. The Bertz CT molecular complexity index is 582. The molecule has 1 aromatic rings. The summed E-state index contributed by atoms with van der Waals surface area (Å²) in [5, 5.41) is 6.94. The molecule has 1 saturated heterocycles. The first kappa shape index (κ1) is 19.5. The van der Waals surface area contributed by atoms with Gasteiger partial charge in [-0.2, -0.15) is 0 Å². The Kier molecular flexibility index (Phi) is 7.49. The zero-order chi connectivity index (χ0) is 18.2. The second-order valence-electron chi connectivity index (χ2n) is 6.07. The summed E-state index contributed by atoms with van der Waals surface area (Å²) < 4.78 is 4.99. The number of hydrogen-bond donors (Lipinski definition) is 2. The number of thiazole rings is 1. The lowest BCUT2D eigenvalue weighted by Crippen LogP contribution is -2.49. The molecule has 3 amide bonds. The standard InChI is InChI=1S/C17H28N4O3S/c1-4-14-12(3)25-15(20-14)6-9-18-16(22)19-13-7-10-21(11-8-13)17(23)24-5-2/h13H,4-11H2,1-3H3,(H2,18,19,22). The minimum absolute atomic E-state index is 0.0967. The second-order valence-corrected chi connectivity index (χ2v) is 7.36. The zero-order valence-corrected chi connectivity index (χ0v) is 16.1. The molecule has 0 bridgehead atoms. The van der Waals surface area contributed by atoms with Gasteiger partial charge >= 0.3 is 12.1 Å². The minimum Gasteiger partial charge on any atom is -0.450 e. The van der Waals surface area contributed by atoms with Crippen LogP contribution in [-0.4, -0.2) is 54.3 Å². The maximum atomic E-state index is 12.0. The van der Waals surface area contributed by atoms with Crippen LogP contribution in [0.1, 0.15) is 42.3 Å². The van der Waals surface area contributed by atoms with Crippen LogP contribution in [0.4, 0.5) is 9.59 Å². The number of hydrogen-bond acceptors (Lipinski definition) is 5. The van der Waals surface area contributed by atoms with Crippen molar-refractivity contribution in [1.82, 2.24) is 20.5 Å². The number of nitrogens with one attached hydrogen (secondary N) is 2. The molecule has 0 saturated carbocycles. The van der Waals surface area contributed by atoms with Crippen LogP contribution in [-0.2, 0) is 17.6 Å². The first-order valence-corrected chi connectivity index (χ1v) is 9.76. The van der Waals surface area contributed by atoms with Gasteiger partial charge in [0.15, 0.2) is 0 Å². The molecule has 0 atom stereocenters. The molecule has 2 rings (SSSR count). The average Bonchev–Trinajstić information content (AvgIpc) is 2.95. The van der Waals surface area contributed by atoms with E-state index in [0.29, 0.717) is 26.2 Å². The van der Waals surface area contributed by atoms with Gasteiger partial charge in [0.05, 0.1) is 17.3 Å². The van der Waals surface area contributed by atoms with Gasteiger partial charge in [-0.15, -0.1) is 11.3 Å². The summed E-state index contributed by atoms with van der Waals surface area (Å²) in [4.78, 5) is 31.2. The summed E-state index contributed by atoms with van der Waals surface area (Å²) >= 11 is 1.70. The molecule has 0 radical (unpaired) electrons. The van der Waals surface area contributed by atoms with Gasteiger partial charge in [-0.1, -0.05) is 6.92 Å². The first-order chi connectivity index (χ1) is 12.0. The number of piperidine rings is 1. The number of rotatable bonds is 6. The third kappa shape index (κ3) is 5.88. The third-order valence-corrected chi connectivity index (χ3v) is 5.33. The van der Waals surface area contributed by atoms with Gasteiger partial charge in [-0.25, -0.2) is 14.6 Å². The predicted molar refractivity (Wildman–Crippen MR) is 98.1 cm³/mol. The summed E-state index contributed by atoms with van der Waals surface area (Å²) in [6.45, 7) is 8.17. The fourth-order valence-electron chi connectivity index (χ4n) is 2.86. The third-order valence-electron chi connectivity index (χ3n) is 4.25. The molecule has 1 aromatic heterocycles. The molecular formula is C17H28N4O3S. The van der Waals surface area contributed by atoms with E-state index in [9.17, 15) is 9.59 Å². The lowest BCUT2D eigenvalue weighted by molar-refractivity contribution is 0.0957. The number of aromatic nitrogens is 1. The summed E-state index contributed by atoms with van der Waals surface area (Å²) in [6.07, 6.45) is 2.92. The molecule has 0 aromatic carbocycles. The van der Waals surface area contributed by atoms with E-state index in [1.54, 1.807) is 23.2 Å². The minimum atomic E-state index is -0.268. The Hall–Kier alpha value is -1.83. The van der Waals surface area contributed by atoms with Crippen molar-refractivity contribution in [2.24, 2.45) is 0 Å². The highest BCUT2D eigenvalue weighted by atomic mass is 32.1. The van der Waals surface area contributed by atoms with Crippen LogP contribution in [0, 0.1) is 6.92 Å². The van der Waals surface area contributed by atoms with Crippen molar-refractivity contribution in [2.75, 3.05) is 26.2 Å². The van der Waals surface area contributed by atoms with Crippen molar-refractivity contribution < 1.29 is 14.3 Å². The highest BCUT2D eigenvalue weighted by Crippen LogP contribution is 2.18. The van der Waals surface area contributed by atoms with E-state index in [1.807, 2.05) is 0 Å². The molecule has 0 spiro atoms. The normalized spacial score (nSPS) is 15.1. The number of likely N-dealkylation sites (tertiary alicyclic amines) is 1. The van der Waals surface area contributed by atoms with Crippen LogP contribution in [0.25, 0.3) is 0 Å². The van der Waals surface area contributed by atoms with Gasteiger partial charge in [0, 0.05) is 37.0 Å². The van der Waals surface area contributed by atoms with Crippen LogP contribution < -0.4 is 10.6 Å². The van der Waals surface area contributed by atoms with E-state index < -0.39 is 0 Å². The molecule has 8 heteroatoms. The lowest BCUT2D eigenvalue weighted by Gasteiger charge is -2.31. The Morgan fingerprint density at radius 1 is 1.32 bits per heavy atom. The fraction of sp³-hybridized carbons (Fsp3) is 0.706. The van der Waals surface area contributed by atoms with E-state index in [0.717, 1.165) is 36.4 Å². The van der Waals surface area contributed by atoms with Gasteiger partial charge in [0.2, 0.25) is 0 Å². The quantitative estimate of drug-likeness (QED) is 0.808. The molecule has 7 nitrogen and oxygen atoms in total. The summed E-state index contributed by atoms with van der Waals surface area (Å²) in [5.74, 6) is 0. The molecule has 25 heavy (non-hydrogen) atoms. The van der Waals surface area contributed by atoms with Gasteiger partial charge in [-0.3, -0.25) is 0 Å². The molecule has 1 aliphatic heterocycles. The van der Waals surface area contributed by atoms with Crippen LogP contribution >= 0.6 is 11.3 Å². The number of nitrogens with zero attached hydrogens (tertiary/aromatic N) is 2. The molecular weight excluding hydrogens is 340 g/mol. The maximum absolute atomic E-state index is 12.0. The van der Waals surface area contributed by atoms with E-state index in [4.69, 9.17) is 4.74 Å². The maximum Gasteiger partial charge on any atom is 0.409 e. The van der Waals surface area contributed by atoms with E-state index >= 15 is 0 Å². The average molecular weight is 369 g/mol. The molecule has 0 aliphatic carbocycles. The van der Waals surface area contributed by atoms with Crippen molar-refractivity contribution in [2.45, 2.75) is 52.5 Å². The van der Waals surface area contributed by atoms with Crippen molar-refractivity contribution in [3.63, 3.8) is 0 Å². The first-order valence-electron chi connectivity index (χ1n) is 8.94. The Balaban J connectivity index is 1.65. The zero-order valence-electron chi connectivity index (χ0n) is 15.3. The topological polar surface area (TPSA) is 83.6 Å². The van der Waals surface area contributed by atoms with E-state index in [2.05, 4.69) is 29.5 Å². The van der Waals surface area contributed by atoms with E-state index in [1.165, 1.54) is 4.88 Å². The van der Waals surface area contributed by atoms with Crippen molar-refractivity contribution in [3.8, 4) is 0 Å². The van der Waals surface area contributed by atoms with Gasteiger partial charge in [0.1, 0.15) is 0 Å². The van der Waals surface area contributed by atoms with Crippen molar-refractivity contribution in [3.05, 3.63) is 15.6 Å². The van der Waals surface area contributed by atoms with Crippen molar-refractivity contribution in [1.29, 1.82) is 0 Å². The second kappa shape index (κ2) is 9.60. The van der Waals surface area contributed by atoms with Gasteiger partial charge in [0.25, 0.3) is 0 Å². The molecule has 1 aliphatic rings. The fourth-order valence-corrected chi connectivity index (χ4v) is 3.88. The molecule has 1 fully saturated rings. The van der Waals surface area contributed by atoms with Gasteiger partial charge in [-0.05, 0) is 33.1 Å². The van der Waals surface area contributed by atoms with Crippen LogP contribution in [0.2, 0.25) is 0 Å². The lowest BCUT2D eigenvalue weighted by atomic mass is 10.1. The van der Waals surface area contributed by atoms with Crippen LogP contribution in [0.15, 0.2) is 0 Å². The Labute approximate surface area is 153 Å². The summed E-state index contributed by atoms with van der Waals surface area (Å²) in [5.41, 5.74) is 1.15. The summed E-state index contributed by atoms with van der Waals surface area (Å²) in [6, 6.07) is -0.0574. The molecule has 2 heterocycles. The molecule has 140 valence electrons. The number of urea groups is 1. The van der Waals surface area contributed by atoms with Crippen LogP contribution in [0.5, 0.6) is 0 Å². The number of carbonyl (C=O) groups excluding carboxylic acids is 2. The SMILES string of the molecule is CCOC(=O)N1CCC(NC(=O)NCCc2nc(CC)c(C)s2)CC1. The Morgan fingerprint density at radius 3 is 2.64 bits per heavy atom.